The maximum absolute atomic E-state index is 11.5. The van der Waals surface area contributed by atoms with E-state index in [4.69, 9.17) is 5.73 Å². The fraction of sp³-hybridized carbons (Fsp3) is 0.375. The number of hydrogen-bond acceptors (Lipinski definition) is 4. The van der Waals surface area contributed by atoms with Crippen molar-refractivity contribution in [3.63, 3.8) is 0 Å². The molecular formula is C8H11N5O. The number of hydrogen-bond donors (Lipinski definition) is 2. The molecule has 2 heterocycles. The van der Waals surface area contributed by atoms with E-state index in [1.54, 1.807) is 6.20 Å². The number of aromatic nitrogens is 4. The molecule has 0 unspecified atom stereocenters. The van der Waals surface area contributed by atoms with Crippen LogP contribution in [0.2, 0.25) is 0 Å². The number of fused-ring (bicyclic) bond motifs is 1. The number of anilines is 1. The highest BCUT2D eigenvalue weighted by Crippen LogP contribution is 2.17. The molecule has 0 atom stereocenters. The van der Waals surface area contributed by atoms with Crippen LogP contribution in [0.4, 0.5) is 5.95 Å². The van der Waals surface area contributed by atoms with E-state index in [1.807, 2.05) is 13.8 Å². The highest BCUT2D eigenvalue weighted by Gasteiger charge is 2.12. The third-order valence-corrected chi connectivity index (χ3v) is 2.12. The van der Waals surface area contributed by atoms with Gasteiger partial charge in [-0.15, -0.1) is 5.10 Å². The maximum Gasteiger partial charge on any atom is 0.290 e. The van der Waals surface area contributed by atoms with E-state index in [-0.39, 0.29) is 17.4 Å². The Kier molecular flexibility index (Phi) is 1.77. The second-order valence-corrected chi connectivity index (χ2v) is 3.43. The molecule has 0 aliphatic heterocycles. The molecule has 0 aromatic carbocycles. The number of nitrogen functional groups attached to an aromatic ring is 1. The number of nitrogens with zero attached hydrogens (tertiary/aromatic N) is 3. The lowest BCUT2D eigenvalue weighted by Gasteiger charge is -2.01. The molecule has 14 heavy (non-hydrogen) atoms. The Hall–Kier alpha value is -1.85. The molecule has 6 heteroatoms. The molecule has 0 saturated carbocycles. The van der Waals surface area contributed by atoms with Gasteiger partial charge in [-0.05, 0) is 5.92 Å². The monoisotopic (exact) mass is 193 g/mol. The van der Waals surface area contributed by atoms with Gasteiger partial charge in [-0.1, -0.05) is 13.8 Å². The first-order valence-electron chi connectivity index (χ1n) is 4.33. The molecular weight excluding hydrogens is 182 g/mol. The van der Waals surface area contributed by atoms with Gasteiger partial charge >= 0.3 is 0 Å². The third-order valence-electron chi connectivity index (χ3n) is 2.12. The normalized spacial score (nSPS) is 11.4. The van der Waals surface area contributed by atoms with Crippen LogP contribution in [-0.4, -0.2) is 19.8 Å². The summed E-state index contributed by atoms with van der Waals surface area (Å²) in [6, 6.07) is 0. The fourth-order valence-electron chi connectivity index (χ4n) is 1.39. The van der Waals surface area contributed by atoms with Crippen molar-refractivity contribution in [2.75, 3.05) is 5.73 Å². The third kappa shape index (κ3) is 1.07. The molecule has 0 spiro atoms. The number of nitrogens with two attached hydrogens (primary N) is 1. The van der Waals surface area contributed by atoms with E-state index < -0.39 is 0 Å². The lowest BCUT2D eigenvalue weighted by molar-refractivity contribution is 0.857. The molecule has 0 aliphatic rings. The van der Waals surface area contributed by atoms with Crippen molar-refractivity contribution in [2.45, 2.75) is 19.8 Å². The second kappa shape index (κ2) is 2.83. The van der Waals surface area contributed by atoms with Crippen molar-refractivity contribution in [3.8, 4) is 0 Å². The average Bonchev–Trinajstić information content (AvgIpc) is 2.56. The van der Waals surface area contributed by atoms with Gasteiger partial charge in [0.1, 0.15) is 5.52 Å². The van der Waals surface area contributed by atoms with Crippen LogP contribution in [-0.2, 0) is 0 Å². The Balaban J connectivity index is 2.91. The van der Waals surface area contributed by atoms with Crippen LogP contribution in [0.15, 0.2) is 11.0 Å². The van der Waals surface area contributed by atoms with E-state index in [9.17, 15) is 4.79 Å². The Morgan fingerprint density at radius 3 is 2.93 bits per heavy atom. The molecule has 2 aromatic rings. The van der Waals surface area contributed by atoms with E-state index >= 15 is 0 Å². The highest BCUT2D eigenvalue weighted by atomic mass is 16.1. The van der Waals surface area contributed by atoms with Gasteiger partial charge in [-0.25, -0.2) is 5.10 Å². The minimum absolute atomic E-state index is 0.187. The van der Waals surface area contributed by atoms with Crippen molar-refractivity contribution < 1.29 is 0 Å². The standard InChI is InChI=1S/C8H11N5O/c1-4(2)5-3-10-13-6(5)7(14)11-12-8(13)9/h3-4H,1-2H3,(H2,9,12)(H,11,14). The number of rotatable bonds is 1. The minimum Gasteiger partial charge on any atom is -0.366 e. The predicted molar refractivity (Wildman–Crippen MR) is 52.1 cm³/mol. The molecule has 0 aliphatic carbocycles. The molecule has 0 amide bonds. The van der Waals surface area contributed by atoms with Crippen molar-refractivity contribution in [2.24, 2.45) is 0 Å². The van der Waals surface area contributed by atoms with Crippen LogP contribution in [0.25, 0.3) is 5.52 Å². The summed E-state index contributed by atoms with van der Waals surface area (Å²) in [6.45, 7) is 3.99. The first-order chi connectivity index (χ1) is 6.61. The largest absolute Gasteiger partial charge is 0.366 e. The van der Waals surface area contributed by atoms with Gasteiger partial charge in [0, 0.05) is 5.56 Å². The summed E-state index contributed by atoms with van der Waals surface area (Å²) in [5, 5.41) is 9.96. The van der Waals surface area contributed by atoms with Crippen molar-refractivity contribution in [1.82, 2.24) is 19.8 Å². The highest BCUT2D eigenvalue weighted by molar-refractivity contribution is 5.55. The van der Waals surface area contributed by atoms with Crippen LogP contribution in [0.3, 0.4) is 0 Å². The van der Waals surface area contributed by atoms with Crippen LogP contribution in [0.1, 0.15) is 25.3 Å². The molecule has 3 N–H and O–H groups in total. The number of nitrogens with one attached hydrogen (secondary N) is 1. The molecule has 2 aromatic heterocycles. The van der Waals surface area contributed by atoms with Crippen molar-refractivity contribution >= 4 is 11.5 Å². The van der Waals surface area contributed by atoms with Gasteiger partial charge in [0.15, 0.2) is 0 Å². The molecule has 0 saturated heterocycles. The van der Waals surface area contributed by atoms with Gasteiger partial charge < -0.3 is 5.73 Å². The Bertz CT molecular complexity index is 524. The lowest BCUT2D eigenvalue weighted by Crippen LogP contribution is -2.16. The first-order valence-corrected chi connectivity index (χ1v) is 4.33. The number of aromatic amines is 1. The number of H-pyrrole nitrogens is 1. The molecule has 6 nitrogen and oxygen atoms in total. The zero-order chi connectivity index (χ0) is 10.3. The summed E-state index contributed by atoms with van der Waals surface area (Å²) < 4.78 is 1.36. The molecule has 2 rings (SSSR count). The first kappa shape index (κ1) is 8.74. The maximum atomic E-state index is 11.5. The van der Waals surface area contributed by atoms with E-state index in [0.717, 1.165) is 5.56 Å². The van der Waals surface area contributed by atoms with Gasteiger partial charge in [-0.3, -0.25) is 4.79 Å². The minimum atomic E-state index is -0.264. The average molecular weight is 193 g/mol. The van der Waals surface area contributed by atoms with Crippen molar-refractivity contribution in [1.29, 1.82) is 0 Å². The van der Waals surface area contributed by atoms with Crippen molar-refractivity contribution in [3.05, 3.63) is 22.1 Å². The van der Waals surface area contributed by atoms with Gasteiger partial charge in [0.25, 0.3) is 5.56 Å². The summed E-state index contributed by atoms with van der Waals surface area (Å²) in [5.74, 6) is 0.418. The summed E-state index contributed by atoms with van der Waals surface area (Å²) >= 11 is 0. The summed E-state index contributed by atoms with van der Waals surface area (Å²) in [4.78, 5) is 11.5. The second-order valence-electron chi connectivity index (χ2n) is 3.43. The summed E-state index contributed by atoms with van der Waals surface area (Å²) in [5.41, 5.74) is 6.65. The molecule has 74 valence electrons. The zero-order valence-electron chi connectivity index (χ0n) is 7.98. The van der Waals surface area contributed by atoms with Gasteiger partial charge in [0.2, 0.25) is 5.95 Å². The van der Waals surface area contributed by atoms with Crippen LogP contribution >= 0.6 is 0 Å². The zero-order valence-corrected chi connectivity index (χ0v) is 7.98. The van der Waals surface area contributed by atoms with Gasteiger partial charge in [0.05, 0.1) is 6.20 Å². The van der Waals surface area contributed by atoms with E-state index in [2.05, 4.69) is 15.3 Å². The Morgan fingerprint density at radius 1 is 1.57 bits per heavy atom. The predicted octanol–water partition coefficient (Wildman–Crippen LogP) is 0.123. The van der Waals surface area contributed by atoms with Crippen LogP contribution in [0, 0.1) is 0 Å². The topological polar surface area (TPSA) is 89.1 Å². The summed E-state index contributed by atoms with van der Waals surface area (Å²) in [7, 11) is 0. The molecule has 0 fully saturated rings. The Morgan fingerprint density at radius 2 is 2.29 bits per heavy atom. The van der Waals surface area contributed by atoms with Gasteiger partial charge in [-0.2, -0.15) is 9.61 Å². The molecule has 0 radical (unpaired) electrons. The fourth-order valence-corrected chi connectivity index (χ4v) is 1.39. The quantitative estimate of drug-likeness (QED) is 0.673. The van der Waals surface area contributed by atoms with Crippen LogP contribution in [0.5, 0.6) is 0 Å². The van der Waals surface area contributed by atoms with E-state index in [0.29, 0.717) is 5.52 Å². The molecule has 0 bridgehead atoms. The Labute approximate surface area is 79.7 Å². The summed E-state index contributed by atoms with van der Waals surface area (Å²) in [6.07, 6.45) is 1.65. The smallest absolute Gasteiger partial charge is 0.290 e. The van der Waals surface area contributed by atoms with E-state index in [1.165, 1.54) is 4.52 Å². The lowest BCUT2D eigenvalue weighted by atomic mass is 10.1. The van der Waals surface area contributed by atoms with Crippen LogP contribution < -0.4 is 11.3 Å². The SMILES string of the molecule is CC(C)c1cnn2c(N)n[nH]c(=O)c12.